The lowest BCUT2D eigenvalue weighted by Crippen LogP contribution is -2.21. The number of hydrogen-bond acceptors (Lipinski definition) is 2. The van der Waals surface area contributed by atoms with Gasteiger partial charge in [0.05, 0.1) is 29.6 Å². The molecule has 0 amide bonds. The molecule has 104 valence electrons. The highest BCUT2D eigenvalue weighted by molar-refractivity contribution is 6.31. The molecule has 1 unspecified atom stereocenters. The van der Waals surface area contributed by atoms with Crippen LogP contribution in [0.4, 0.5) is 0 Å². The summed E-state index contributed by atoms with van der Waals surface area (Å²) in [7, 11) is 1.71. The molecule has 2 rings (SSSR count). The smallest absolute Gasteiger partial charge is 0.125 e. The summed E-state index contributed by atoms with van der Waals surface area (Å²) in [5.74, 6) is 1.66. The van der Waals surface area contributed by atoms with Crippen molar-refractivity contribution in [2.75, 3.05) is 13.7 Å². The lowest BCUT2D eigenvalue weighted by molar-refractivity contribution is 0.134. The Bertz CT molecular complexity index is 566. The van der Waals surface area contributed by atoms with Crippen molar-refractivity contribution in [2.45, 2.75) is 25.8 Å². The van der Waals surface area contributed by atoms with Gasteiger partial charge in [0.15, 0.2) is 0 Å². The molecule has 1 aromatic heterocycles. The highest BCUT2D eigenvalue weighted by Crippen LogP contribution is 2.28. The van der Waals surface area contributed by atoms with E-state index in [1.165, 1.54) is 0 Å². The van der Waals surface area contributed by atoms with E-state index in [1.54, 1.807) is 7.11 Å². The van der Waals surface area contributed by atoms with E-state index in [2.05, 4.69) is 23.4 Å². The van der Waals surface area contributed by atoms with Gasteiger partial charge in [-0.15, -0.1) is 11.6 Å². The number of halogens is 2. The van der Waals surface area contributed by atoms with E-state index in [0.717, 1.165) is 16.9 Å². The number of fused-ring (bicyclic) bond motifs is 1. The van der Waals surface area contributed by atoms with Crippen LogP contribution in [0.1, 0.15) is 25.7 Å². The number of aromatic nitrogens is 2. The number of rotatable bonds is 5. The molecule has 0 fully saturated rings. The first-order chi connectivity index (χ1) is 9.08. The third-order valence-electron chi connectivity index (χ3n) is 3.28. The van der Waals surface area contributed by atoms with Gasteiger partial charge >= 0.3 is 0 Å². The molecule has 0 bridgehead atoms. The second-order valence-electron chi connectivity index (χ2n) is 4.93. The van der Waals surface area contributed by atoms with Gasteiger partial charge in [0, 0.05) is 12.1 Å². The van der Waals surface area contributed by atoms with Crippen LogP contribution < -0.4 is 0 Å². The second-order valence-corrected chi connectivity index (χ2v) is 5.64. The predicted octanol–water partition coefficient (Wildman–Crippen LogP) is 4.27. The SMILES string of the molecule is COCC(C(C)C)n1c(CCl)nc2cc(Cl)ccc21. The first-order valence-corrected chi connectivity index (χ1v) is 7.21. The summed E-state index contributed by atoms with van der Waals surface area (Å²) in [5, 5.41) is 0.686. The fourth-order valence-electron chi connectivity index (χ4n) is 2.32. The number of methoxy groups -OCH3 is 1. The zero-order valence-electron chi connectivity index (χ0n) is 11.4. The Morgan fingerprint density at radius 3 is 2.68 bits per heavy atom. The molecule has 0 aliphatic carbocycles. The standard InChI is InChI=1S/C14H18Cl2N2O/c1-9(2)13(8-19-3)18-12-5-4-10(16)6-11(12)17-14(18)7-15/h4-6,9,13H,7-8H2,1-3H3. The van der Waals surface area contributed by atoms with Gasteiger partial charge < -0.3 is 9.30 Å². The van der Waals surface area contributed by atoms with Gasteiger partial charge in [0.1, 0.15) is 5.82 Å². The monoisotopic (exact) mass is 300 g/mol. The number of alkyl halides is 1. The molecule has 19 heavy (non-hydrogen) atoms. The molecule has 2 aromatic rings. The third-order valence-corrected chi connectivity index (χ3v) is 3.76. The maximum atomic E-state index is 6.04. The van der Waals surface area contributed by atoms with Crippen LogP contribution in [0.2, 0.25) is 5.02 Å². The Morgan fingerprint density at radius 2 is 2.11 bits per heavy atom. The second kappa shape index (κ2) is 6.12. The predicted molar refractivity (Wildman–Crippen MR) is 80.1 cm³/mol. The largest absolute Gasteiger partial charge is 0.383 e. The summed E-state index contributed by atoms with van der Waals surface area (Å²) in [6.07, 6.45) is 0. The first kappa shape index (κ1) is 14.6. The van der Waals surface area contributed by atoms with Crippen molar-refractivity contribution < 1.29 is 4.74 Å². The summed E-state index contributed by atoms with van der Waals surface area (Å²) in [6, 6.07) is 5.95. The normalized spacial score (nSPS) is 13.4. The minimum absolute atomic E-state index is 0.213. The number of imidazole rings is 1. The first-order valence-electron chi connectivity index (χ1n) is 6.29. The summed E-state index contributed by atoms with van der Waals surface area (Å²) in [6.45, 7) is 4.97. The van der Waals surface area contributed by atoms with Crippen LogP contribution in [0.25, 0.3) is 11.0 Å². The van der Waals surface area contributed by atoms with E-state index in [1.807, 2.05) is 18.2 Å². The Kier molecular flexibility index (Phi) is 4.71. The highest BCUT2D eigenvalue weighted by Gasteiger charge is 2.21. The van der Waals surface area contributed by atoms with Crippen LogP contribution in [0.3, 0.4) is 0 Å². The molecule has 1 atom stereocenters. The van der Waals surface area contributed by atoms with E-state index in [9.17, 15) is 0 Å². The van der Waals surface area contributed by atoms with Crippen molar-refractivity contribution in [1.29, 1.82) is 0 Å². The summed E-state index contributed by atoms with van der Waals surface area (Å²) in [4.78, 5) is 4.57. The number of hydrogen-bond donors (Lipinski definition) is 0. The summed E-state index contributed by atoms with van der Waals surface area (Å²) < 4.78 is 7.52. The maximum Gasteiger partial charge on any atom is 0.125 e. The Balaban J connectivity index is 2.61. The van der Waals surface area contributed by atoms with Gasteiger partial charge in [0.25, 0.3) is 0 Å². The lowest BCUT2D eigenvalue weighted by Gasteiger charge is -2.24. The number of ether oxygens (including phenoxy) is 1. The summed E-state index contributed by atoms with van der Waals surface area (Å²) in [5.41, 5.74) is 1.93. The molecule has 0 saturated heterocycles. The zero-order chi connectivity index (χ0) is 14.0. The molecular weight excluding hydrogens is 283 g/mol. The molecule has 3 nitrogen and oxygen atoms in total. The average Bonchev–Trinajstić information content (AvgIpc) is 2.72. The van der Waals surface area contributed by atoms with Gasteiger partial charge in [-0.3, -0.25) is 0 Å². The quantitative estimate of drug-likeness (QED) is 0.771. The molecule has 5 heteroatoms. The third kappa shape index (κ3) is 2.88. The van der Waals surface area contributed by atoms with Gasteiger partial charge in [-0.1, -0.05) is 25.4 Å². The minimum Gasteiger partial charge on any atom is -0.383 e. The molecular formula is C14H18Cl2N2O. The molecule has 0 saturated carbocycles. The topological polar surface area (TPSA) is 27.1 Å². The Hall–Kier alpha value is -0.770. The van der Waals surface area contributed by atoms with Crippen LogP contribution in [-0.4, -0.2) is 23.3 Å². The maximum absolute atomic E-state index is 6.04. The van der Waals surface area contributed by atoms with Crippen molar-refractivity contribution >= 4 is 34.2 Å². The molecule has 0 aliphatic heterocycles. The fraction of sp³-hybridized carbons (Fsp3) is 0.500. The molecule has 0 spiro atoms. The molecule has 1 aromatic carbocycles. The Labute approximate surface area is 123 Å². The van der Waals surface area contributed by atoms with Crippen LogP contribution in [0, 0.1) is 5.92 Å². The van der Waals surface area contributed by atoms with Crippen molar-refractivity contribution in [2.24, 2.45) is 5.92 Å². The van der Waals surface area contributed by atoms with Crippen molar-refractivity contribution in [3.05, 3.63) is 29.0 Å². The van der Waals surface area contributed by atoms with E-state index in [-0.39, 0.29) is 6.04 Å². The zero-order valence-corrected chi connectivity index (χ0v) is 12.9. The fourth-order valence-corrected chi connectivity index (χ4v) is 2.68. The highest BCUT2D eigenvalue weighted by atomic mass is 35.5. The molecule has 0 N–H and O–H groups in total. The molecule has 0 aliphatic rings. The lowest BCUT2D eigenvalue weighted by atomic mass is 10.0. The van der Waals surface area contributed by atoms with E-state index in [4.69, 9.17) is 27.9 Å². The van der Waals surface area contributed by atoms with Crippen molar-refractivity contribution in [3.8, 4) is 0 Å². The van der Waals surface area contributed by atoms with Crippen LogP contribution in [-0.2, 0) is 10.6 Å². The van der Waals surface area contributed by atoms with Crippen molar-refractivity contribution in [3.63, 3.8) is 0 Å². The van der Waals surface area contributed by atoms with Crippen LogP contribution >= 0.6 is 23.2 Å². The molecule has 1 heterocycles. The Morgan fingerprint density at radius 1 is 1.37 bits per heavy atom. The van der Waals surface area contributed by atoms with E-state index >= 15 is 0 Å². The van der Waals surface area contributed by atoms with Gasteiger partial charge in [-0.2, -0.15) is 0 Å². The summed E-state index contributed by atoms with van der Waals surface area (Å²) >= 11 is 12.1. The van der Waals surface area contributed by atoms with Crippen LogP contribution in [0.5, 0.6) is 0 Å². The number of nitrogens with zero attached hydrogens (tertiary/aromatic N) is 2. The molecule has 0 radical (unpaired) electrons. The van der Waals surface area contributed by atoms with Gasteiger partial charge in [-0.25, -0.2) is 4.98 Å². The van der Waals surface area contributed by atoms with Gasteiger partial charge in [-0.05, 0) is 24.1 Å². The van der Waals surface area contributed by atoms with Gasteiger partial charge in [0.2, 0.25) is 0 Å². The average molecular weight is 301 g/mol. The van der Waals surface area contributed by atoms with E-state index in [0.29, 0.717) is 23.4 Å². The van der Waals surface area contributed by atoms with E-state index < -0.39 is 0 Å². The van der Waals surface area contributed by atoms with Crippen molar-refractivity contribution in [1.82, 2.24) is 9.55 Å². The minimum atomic E-state index is 0.213. The number of benzene rings is 1. The van der Waals surface area contributed by atoms with Crippen LogP contribution in [0.15, 0.2) is 18.2 Å².